The number of hydrogen-bond acceptors (Lipinski definition) is 4. The summed E-state index contributed by atoms with van der Waals surface area (Å²) in [5.74, 6) is 2.36. The van der Waals surface area contributed by atoms with Gasteiger partial charge in [-0.3, -0.25) is 9.39 Å². The van der Waals surface area contributed by atoms with Gasteiger partial charge in [0, 0.05) is 19.8 Å². The van der Waals surface area contributed by atoms with Gasteiger partial charge in [-0.1, -0.05) is 48.5 Å². The first-order valence-corrected chi connectivity index (χ1v) is 9.80. The van der Waals surface area contributed by atoms with Crippen molar-refractivity contribution in [3.8, 4) is 5.75 Å². The molecule has 2 aromatic carbocycles. The van der Waals surface area contributed by atoms with Gasteiger partial charge in [0.15, 0.2) is 17.4 Å². The van der Waals surface area contributed by atoms with Crippen LogP contribution in [0.5, 0.6) is 5.75 Å². The summed E-state index contributed by atoms with van der Waals surface area (Å²) in [6, 6.07) is 24.0. The number of aromatic nitrogens is 3. The first kappa shape index (κ1) is 22.5. The minimum atomic E-state index is 0. The molecule has 2 heterocycles. The highest BCUT2D eigenvalue weighted by molar-refractivity contribution is 14.0. The van der Waals surface area contributed by atoms with Gasteiger partial charge in [0.2, 0.25) is 0 Å². The largest absolute Gasteiger partial charge is 0.489 e. The fourth-order valence-electron chi connectivity index (χ4n) is 3.07. The number of guanidine groups is 1. The van der Waals surface area contributed by atoms with Gasteiger partial charge in [-0.15, -0.1) is 34.2 Å². The molecule has 0 fully saturated rings. The van der Waals surface area contributed by atoms with Crippen molar-refractivity contribution in [3.63, 3.8) is 0 Å². The molecule has 0 saturated carbocycles. The minimum Gasteiger partial charge on any atom is -0.489 e. The lowest BCUT2D eigenvalue weighted by molar-refractivity contribution is 0.306. The zero-order valence-corrected chi connectivity index (χ0v) is 19.6. The van der Waals surface area contributed by atoms with Gasteiger partial charge in [0.1, 0.15) is 12.4 Å². The first-order valence-electron chi connectivity index (χ1n) is 9.80. The number of rotatable bonds is 7. The quantitative estimate of drug-likeness (QED) is 0.217. The van der Waals surface area contributed by atoms with Crippen molar-refractivity contribution in [2.75, 3.05) is 7.05 Å². The average molecular weight is 528 g/mol. The minimum absolute atomic E-state index is 0. The van der Waals surface area contributed by atoms with Gasteiger partial charge < -0.3 is 15.4 Å². The summed E-state index contributed by atoms with van der Waals surface area (Å²) in [5, 5.41) is 15.0. The molecule has 0 radical (unpaired) electrons. The number of nitrogens with zero attached hydrogens (tertiary/aromatic N) is 4. The van der Waals surface area contributed by atoms with Crippen LogP contribution in [0.2, 0.25) is 0 Å². The van der Waals surface area contributed by atoms with E-state index in [-0.39, 0.29) is 24.0 Å². The molecule has 0 atom stereocenters. The Morgan fingerprint density at radius 1 is 0.903 bits per heavy atom. The molecule has 160 valence electrons. The molecule has 0 amide bonds. The van der Waals surface area contributed by atoms with Crippen molar-refractivity contribution < 1.29 is 4.74 Å². The zero-order valence-electron chi connectivity index (χ0n) is 17.2. The smallest absolute Gasteiger partial charge is 0.191 e. The standard InChI is InChI=1S/C23H24N6O.HI/c1-24-23(26-16-22-28-27-21-12-5-6-13-29(21)22)25-15-19-10-7-11-20(14-19)30-17-18-8-3-2-4-9-18;/h2-14H,15-17H2,1H3,(H2,24,25,26);1H. The molecule has 4 aromatic rings. The molecule has 31 heavy (non-hydrogen) atoms. The van der Waals surface area contributed by atoms with Crippen molar-refractivity contribution >= 4 is 35.6 Å². The molecule has 2 aromatic heterocycles. The molecule has 2 N–H and O–H groups in total. The maximum Gasteiger partial charge on any atom is 0.191 e. The lowest BCUT2D eigenvalue weighted by Gasteiger charge is -2.12. The molecule has 8 heteroatoms. The molecule has 0 aliphatic heterocycles. The van der Waals surface area contributed by atoms with E-state index in [9.17, 15) is 0 Å². The number of aliphatic imine (C=N–C) groups is 1. The lowest BCUT2D eigenvalue weighted by atomic mass is 10.2. The SMILES string of the molecule is CN=C(NCc1cccc(OCc2ccccc2)c1)NCc1nnc2ccccn12.I. The number of halogens is 1. The second-order valence-electron chi connectivity index (χ2n) is 6.75. The zero-order chi connectivity index (χ0) is 20.6. The van der Waals surface area contributed by atoms with E-state index in [1.54, 1.807) is 7.05 Å². The van der Waals surface area contributed by atoms with Gasteiger partial charge in [0.25, 0.3) is 0 Å². The van der Waals surface area contributed by atoms with Crippen LogP contribution in [0.4, 0.5) is 0 Å². The Hall–Kier alpha value is -3.14. The summed E-state index contributed by atoms with van der Waals surface area (Å²) in [7, 11) is 1.75. The Kier molecular flexibility index (Phi) is 8.22. The average Bonchev–Trinajstić information content (AvgIpc) is 3.22. The fourth-order valence-corrected chi connectivity index (χ4v) is 3.07. The molecule has 4 rings (SSSR count). The maximum atomic E-state index is 5.91. The molecule has 0 spiro atoms. The normalized spacial score (nSPS) is 11.1. The highest BCUT2D eigenvalue weighted by Gasteiger charge is 2.06. The third kappa shape index (κ3) is 6.17. The molecule has 0 unspecified atom stereocenters. The Morgan fingerprint density at radius 2 is 1.68 bits per heavy atom. The summed E-state index contributed by atoms with van der Waals surface area (Å²) in [6.45, 7) is 1.70. The van der Waals surface area contributed by atoms with Crippen LogP contribution in [0, 0.1) is 0 Å². The number of pyridine rings is 1. The van der Waals surface area contributed by atoms with Gasteiger partial charge >= 0.3 is 0 Å². The highest BCUT2D eigenvalue weighted by atomic mass is 127. The van der Waals surface area contributed by atoms with E-state index in [1.807, 2.05) is 65.2 Å². The molecular formula is C23H25IN6O. The first-order chi connectivity index (χ1) is 14.8. The van der Waals surface area contributed by atoms with Crippen LogP contribution < -0.4 is 15.4 Å². The topological polar surface area (TPSA) is 75.8 Å². The number of benzene rings is 2. The van der Waals surface area contributed by atoms with Gasteiger partial charge in [0.05, 0.1) is 6.54 Å². The highest BCUT2D eigenvalue weighted by Crippen LogP contribution is 2.15. The van der Waals surface area contributed by atoms with Crippen molar-refractivity contribution in [1.29, 1.82) is 0 Å². The second kappa shape index (κ2) is 11.3. The second-order valence-corrected chi connectivity index (χ2v) is 6.75. The maximum absolute atomic E-state index is 5.91. The van der Waals surface area contributed by atoms with Crippen molar-refractivity contribution in [2.24, 2.45) is 4.99 Å². The third-order valence-electron chi connectivity index (χ3n) is 4.63. The van der Waals surface area contributed by atoms with E-state index >= 15 is 0 Å². The summed E-state index contributed by atoms with van der Waals surface area (Å²) >= 11 is 0. The van der Waals surface area contributed by atoms with Crippen LogP contribution in [-0.4, -0.2) is 27.6 Å². The van der Waals surface area contributed by atoms with E-state index < -0.39 is 0 Å². The summed E-state index contributed by atoms with van der Waals surface area (Å²) < 4.78 is 7.86. The summed E-state index contributed by atoms with van der Waals surface area (Å²) in [6.07, 6.45) is 1.95. The fraction of sp³-hybridized carbons (Fsp3) is 0.174. The van der Waals surface area contributed by atoms with Gasteiger partial charge in [-0.05, 0) is 35.4 Å². The number of ether oxygens (including phenoxy) is 1. The predicted octanol–water partition coefficient (Wildman–Crippen LogP) is 3.79. The number of fused-ring (bicyclic) bond motifs is 1. The number of nitrogens with one attached hydrogen (secondary N) is 2. The Labute approximate surface area is 198 Å². The van der Waals surface area contributed by atoms with E-state index in [1.165, 1.54) is 0 Å². The van der Waals surface area contributed by atoms with Crippen LogP contribution >= 0.6 is 24.0 Å². The van der Waals surface area contributed by atoms with Gasteiger partial charge in [-0.25, -0.2) is 0 Å². The molecule has 0 aliphatic rings. The van der Waals surface area contributed by atoms with E-state index in [0.717, 1.165) is 28.3 Å². The van der Waals surface area contributed by atoms with Crippen LogP contribution in [0.3, 0.4) is 0 Å². The van der Waals surface area contributed by atoms with E-state index in [4.69, 9.17) is 4.74 Å². The Morgan fingerprint density at radius 3 is 2.52 bits per heavy atom. The third-order valence-corrected chi connectivity index (χ3v) is 4.63. The molecule has 0 bridgehead atoms. The number of hydrogen-bond donors (Lipinski definition) is 2. The summed E-state index contributed by atoms with van der Waals surface area (Å²) in [4.78, 5) is 4.29. The van der Waals surface area contributed by atoms with Gasteiger partial charge in [-0.2, -0.15) is 0 Å². The molecule has 7 nitrogen and oxygen atoms in total. The summed E-state index contributed by atoms with van der Waals surface area (Å²) in [5.41, 5.74) is 3.08. The van der Waals surface area contributed by atoms with E-state index in [0.29, 0.717) is 25.7 Å². The van der Waals surface area contributed by atoms with Crippen molar-refractivity contribution in [3.05, 3.63) is 95.9 Å². The van der Waals surface area contributed by atoms with Crippen LogP contribution in [-0.2, 0) is 19.7 Å². The van der Waals surface area contributed by atoms with Crippen LogP contribution in [0.25, 0.3) is 5.65 Å². The van der Waals surface area contributed by atoms with Crippen LogP contribution in [0.15, 0.2) is 84.0 Å². The lowest BCUT2D eigenvalue weighted by Crippen LogP contribution is -2.36. The van der Waals surface area contributed by atoms with Crippen molar-refractivity contribution in [1.82, 2.24) is 25.2 Å². The molecule has 0 aliphatic carbocycles. The molecular weight excluding hydrogens is 503 g/mol. The van der Waals surface area contributed by atoms with Crippen LogP contribution in [0.1, 0.15) is 17.0 Å². The Bertz CT molecular complexity index is 1130. The molecule has 0 saturated heterocycles. The Balaban J connectivity index is 0.00000272. The van der Waals surface area contributed by atoms with Crippen molar-refractivity contribution in [2.45, 2.75) is 19.7 Å². The predicted molar refractivity (Wildman–Crippen MR) is 133 cm³/mol. The van der Waals surface area contributed by atoms with E-state index in [2.05, 4.69) is 44.0 Å². The monoisotopic (exact) mass is 528 g/mol.